The molecule has 0 aromatic heterocycles. The fourth-order valence-electron chi connectivity index (χ4n) is 1.89. The largest absolute Gasteiger partial charge is 0.389 e. The summed E-state index contributed by atoms with van der Waals surface area (Å²) in [6, 6.07) is 14.4. The first-order valence-corrected chi connectivity index (χ1v) is 6.95. The van der Waals surface area contributed by atoms with Crippen molar-refractivity contribution in [1.29, 1.82) is 0 Å². The van der Waals surface area contributed by atoms with Crippen LogP contribution < -0.4 is 5.32 Å². The van der Waals surface area contributed by atoms with Gasteiger partial charge in [0.15, 0.2) is 0 Å². The van der Waals surface area contributed by atoms with Crippen molar-refractivity contribution in [3.63, 3.8) is 0 Å². The van der Waals surface area contributed by atoms with Gasteiger partial charge in [-0.2, -0.15) is 0 Å². The van der Waals surface area contributed by atoms with Crippen LogP contribution in [0.25, 0.3) is 0 Å². The molecule has 21 heavy (non-hydrogen) atoms. The molecule has 0 amide bonds. The van der Waals surface area contributed by atoms with Crippen LogP contribution in [0.3, 0.4) is 0 Å². The molecular weight excluding hydrogens is 269 g/mol. The summed E-state index contributed by atoms with van der Waals surface area (Å²) in [5.74, 6) is -0.287. The van der Waals surface area contributed by atoms with E-state index in [0.717, 1.165) is 5.69 Å². The van der Waals surface area contributed by atoms with Gasteiger partial charge in [-0.1, -0.05) is 35.9 Å². The number of rotatable bonds is 7. The maximum absolute atomic E-state index is 13.4. The lowest BCUT2D eigenvalue weighted by molar-refractivity contribution is 0.0338. The van der Waals surface area contributed by atoms with E-state index in [4.69, 9.17) is 4.74 Å². The van der Waals surface area contributed by atoms with Crippen molar-refractivity contribution >= 4 is 5.69 Å². The molecule has 2 N–H and O–H groups in total. The highest BCUT2D eigenvalue weighted by Gasteiger charge is 2.06. The van der Waals surface area contributed by atoms with Gasteiger partial charge in [0.1, 0.15) is 5.82 Å². The summed E-state index contributed by atoms with van der Waals surface area (Å²) >= 11 is 0. The van der Waals surface area contributed by atoms with Crippen molar-refractivity contribution in [1.82, 2.24) is 0 Å². The molecule has 0 heterocycles. The van der Waals surface area contributed by atoms with Gasteiger partial charge in [-0.3, -0.25) is 0 Å². The standard InChI is InChI=1S/C17H20FNO2/c1-13-6-8-15(9-7-13)19-10-16(20)12-21-11-14-4-2-3-5-17(14)18/h2-9,16,19-20H,10-12H2,1H3. The molecule has 0 aliphatic carbocycles. The van der Waals surface area contributed by atoms with Crippen molar-refractivity contribution < 1.29 is 14.2 Å². The van der Waals surface area contributed by atoms with Gasteiger partial charge >= 0.3 is 0 Å². The van der Waals surface area contributed by atoms with Gasteiger partial charge in [0.25, 0.3) is 0 Å². The van der Waals surface area contributed by atoms with Crippen molar-refractivity contribution in [2.45, 2.75) is 19.6 Å². The number of aliphatic hydroxyl groups is 1. The molecule has 2 aromatic rings. The molecule has 0 aliphatic heterocycles. The van der Waals surface area contributed by atoms with E-state index in [0.29, 0.717) is 12.1 Å². The molecular formula is C17H20FNO2. The molecule has 0 fully saturated rings. The Balaban J connectivity index is 1.69. The summed E-state index contributed by atoms with van der Waals surface area (Å²) < 4.78 is 18.7. The van der Waals surface area contributed by atoms with Gasteiger partial charge in [-0.25, -0.2) is 4.39 Å². The van der Waals surface area contributed by atoms with Crippen LogP contribution in [0, 0.1) is 12.7 Å². The Labute approximate surface area is 124 Å². The van der Waals surface area contributed by atoms with Crippen LogP contribution >= 0.6 is 0 Å². The predicted octanol–water partition coefficient (Wildman–Crippen LogP) is 3.12. The zero-order chi connectivity index (χ0) is 15.1. The number of hydrogen-bond acceptors (Lipinski definition) is 3. The number of aliphatic hydroxyl groups excluding tert-OH is 1. The topological polar surface area (TPSA) is 41.5 Å². The quantitative estimate of drug-likeness (QED) is 0.823. The van der Waals surface area contributed by atoms with Crippen LogP contribution in [0.15, 0.2) is 48.5 Å². The Kier molecular flexibility index (Phi) is 5.72. The molecule has 2 aromatic carbocycles. The highest BCUT2D eigenvalue weighted by molar-refractivity contribution is 5.44. The zero-order valence-corrected chi connectivity index (χ0v) is 12.1. The number of aryl methyl sites for hydroxylation is 1. The Morgan fingerprint density at radius 3 is 2.57 bits per heavy atom. The van der Waals surface area contributed by atoms with E-state index >= 15 is 0 Å². The van der Waals surface area contributed by atoms with E-state index in [1.807, 2.05) is 31.2 Å². The first kappa shape index (κ1) is 15.5. The van der Waals surface area contributed by atoms with E-state index in [1.54, 1.807) is 18.2 Å². The van der Waals surface area contributed by atoms with Gasteiger partial charge in [0, 0.05) is 17.8 Å². The van der Waals surface area contributed by atoms with Crippen molar-refractivity contribution in [2.24, 2.45) is 0 Å². The van der Waals surface area contributed by atoms with Gasteiger partial charge in [-0.15, -0.1) is 0 Å². The third-order valence-corrected chi connectivity index (χ3v) is 3.12. The van der Waals surface area contributed by atoms with Crippen LogP contribution in [0.4, 0.5) is 10.1 Å². The second-order valence-corrected chi connectivity index (χ2v) is 5.01. The Bertz CT molecular complexity index is 557. The van der Waals surface area contributed by atoms with Gasteiger partial charge in [0.2, 0.25) is 0 Å². The third kappa shape index (κ3) is 5.17. The SMILES string of the molecule is Cc1ccc(NCC(O)COCc2ccccc2F)cc1. The predicted molar refractivity (Wildman–Crippen MR) is 81.7 cm³/mol. The lowest BCUT2D eigenvalue weighted by Gasteiger charge is -2.13. The van der Waals surface area contributed by atoms with Crippen molar-refractivity contribution in [2.75, 3.05) is 18.5 Å². The lowest BCUT2D eigenvalue weighted by Crippen LogP contribution is -2.24. The highest BCUT2D eigenvalue weighted by atomic mass is 19.1. The summed E-state index contributed by atoms with van der Waals surface area (Å²) in [5.41, 5.74) is 2.64. The minimum absolute atomic E-state index is 0.160. The summed E-state index contributed by atoms with van der Waals surface area (Å²) in [5, 5.41) is 13.0. The summed E-state index contributed by atoms with van der Waals surface area (Å²) in [6.07, 6.45) is -0.641. The smallest absolute Gasteiger partial charge is 0.128 e. The number of ether oxygens (including phenoxy) is 1. The molecule has 112 valence electrons. The monoisotopic (exact) mass is 289 g/mol. The van der Waals surface area contributed by atoms with Crippen molar-refractivity contribution in [3.05, 3.63) is 65.5 Å². The minimum atomic E-state index is -0.641. The number of benzene rings is 2. The number of anilines is 1. The third-order valence-electron chi connectivity index (χ3n) is 3.12. The Morgan fingerprint density at radius 1 is 1.14 bits per heavy atom. The minimum Gasteiger partial charge on any atom is -0.389 e. The fourth-order valence-corrected chi connectivity index (χ4v) is 1.89. The highest BCUT2D eigenvalue weighted by Crippen LogP contribution is 2.09. The molecule has 3 nitrogen and oxygen atoms in total. The zero-order valence-electron chi connectivity index (χ0n) is 12.1. The van der Waals surface area contributed by atoms with E-state index < -0.39 is 6.10 Å². The van der Waals surface area contributed by atoms with E-state index in [-0.39, 0.29) is 19.0 Å². The maximum atomic E-state index is 13.4. The van der Waals surface area contributed by atoms with Crippen molar-refractivity contribution in [3.8, 4) is 0 Å². The van der Waals surface area contributed by atoms with Crippen LogP contribution in [0.1, 0.15) is 11.1 Å². The molecule has 0 saturated carbocycles. The van der Waals surface area contributed by atoms with E-state index in [1.165, 1.54) is 11.6 Å². The molecule has 4 heteroatoms. The average molecular weight is 289 g/mol. The van der Waals surface area contributed by atoms with Gasteiger partial charge in [0.05, 0.1) is 19.3 Å². The molecule has 0 radical (unpaired) electrons. The summed E-state index contributed by atoms with van der Waals surface area (Å²) in [6.45, 7) is 2.73. The first-order chi connectivity index (χ1) is 10.1. The average Bonchev–Trinajstić information content (AvgIpc) is 2.49. The first-order valence-electron chi connectivity index (χ1n) is 6.95. The van der Waals surface area contributed by atoms with Crippen LogP contribution in [0.5, 0.6) is 0 Å². The van der Waals surface area contributed by atoms with Gasteiger partial charge in [-0.05, 0) is 25.1 Å². The summed E-state index contributed by atoms with van der Waals surface area (Å²) in [7, 11) is 0. The van der Waals surface area contributed by atoms with E-state index in [2.05, 4.69) is 5.32 Å². The number of halogens is 1. The van der Waals surface area contributed by atoms with Crippen LogP contribution in [-0.4, -0.2) is 24.4 Å². The second-order valence-electron chi connectivity index (χ2n) is 5.01. The van der Waals surface area contributed by atoms with Crippen LogP contribution in [-0.2, 0) is 11.3 Å². The van der Waals surface area contributed by atoms with Crippen LogP contribution in [0.2, 0.25) is 0 Å². The molecule has 0 aliphatic rings. The normalized spacial score (nSPS) is 12.1. The fraction of sp³-hybridized carbons (Fsp3) is 0.294. The Hall–Kier alpha value is -1.91. The molecule has 0 bridgehead atoms. The Morgan fingerprint density at radius 2 is 1.86 bits per heavy atom. The molecule has 2 rings (SSSR count). The van der Waals surface area contributed by atoms with Gasteiger partial charge < -0.3 is 15.2 Å². The number of hydrogen-bond donors (Lipinski definition) is 2. The second kappa shape index (κ2) is 7.76. The molecule has 0 spiro atoms. The maximum Gasteiger partial charge on any atom is 0.128 e. The summed E-state index contributed by atoms with van der Waals surface area (Å²) in [4.78, 5) is 0. The molecule has 0 saturated heterocycles. The molecule has 1 atom stereocenters. The lowest BCUT2D eigenvalue weighted by atomic mass is 10.2. The molecule has 1 unspecified atom stereocenters. The number of nitrogens with one attached hydrogen (secondary N) is 1. The van der Waals surface area contributed by atoms with E-state index in [9.17, 15) is 9.50 Å².